The van der Waals surface area contributed by atoms with Crippen molar-refractivity contribution in [2.45, 2.75) is 25.3 Å². The molecule has 1 aromatic carbocycles. The Hall–Kier alpha value is -1.06. The largest absolute Gasteiger partial charge is 0.493 e. The van der Waals surface area contributed by atoms with E-state index >= 15 is 0 Å². The maximum Gasteiger partial charge on any atom is 0.122 e. The first-order valence-electron chi connectivity index (χ1n) is 5.44. The van der Waals surface area contributed by atoms with E-state index in [0.717, 1.165) is 18.6 Å². The lowest BCUT2D eigenvalue weighted by Gasteiger charge is -2.10. The highest BCUT2D eigenvalue weighted by molar-refractivity contribution is 5.44. The van der Waals surface area contributed by atoms with Crippen molar-refractivity contribution < 1.29 is 9.84 Å². The normalized spacial score (nSPS) is 18.9. The van der Waals surface area contributed by atoms with Crippen LogP contribution in [0.3, 0.4) is 0 Å². The van der Waals surface area contributed by atoms with E-state index in [1.54, 1.807) is 0 Å². The average Bonchev–Trinajstić information content (AvgIpc) is 2.62. The number of benzene rings is 1. The minimum atomic E-state index is 0.168. The molecule has 1 unspecified atom stereocenters. The van der Waals surface area contributed by atoms with Crippen molar-refractivity contribution in [2.75, 3.05) is 13.2 Å². The fourth-order valence-corrected chi connectivity index (χ4v) is 2.03. The molecule has 3 nitrogen and oxygen atoms in total. The molecule has 0 saturated heterocycles. The van der Waals surface area contributed by atoms with Crippen molar-refractivity contribution >= 4 is 0 Å². The summed E-state index contributed by atoms with van der Waals surface area (Å²) in [7, 11) is 0. The Morgan fingerprint density at radius 3 is 3.13 bits per heavy atom. The molecule has 0 aliphatic heterocycles. The standard InChI is InChI=1S/C12H17NO2/c13-11-6-5-10-9(11)3-1-4-12(10)15-8-2-7-14/h1,3-4,11,14H,2,5-8,13H2. The van der Waals surface area contributed by atoms with E-state index in [-0.39, 0.29) is 12.6 Å². The number of nitrogens with two attached hydrogens (primary N) is 1. The van der Waals surface area contributed by atoms with Gasteiger partial charge in [-0.1, -0.05) is 12.1 Å². The molecule has 3 N–H and O–H groups in total. The first-order valence-corrected chi connectivity index (χ1v) is 5.44. The molecule has 3 heteroatoms. The Labute approximate surface area is 89.9 Å². The van der Waals surface area contributed by atoms with Gasteiger partial charge in [0.05, 0.1) is 6.61 Å². The van der Waals surface area contributed by atoms with Crippen LogP contribution in [0.1, 0.15) is 30.0 Å². The van der Waals surface area contributed by atoms with Crippen molar-refractivity contribution in [3.05, 3.63) is 29.3 Å². The van der Waals surface area contributed by atoms with E-state index < -0.39 is 0 Å². The molecule has 1 aromatic rings. The lowest BCUT2D eigenvalue weighted by molar-refractivity contribution is 0.232. The highest BCUT2D eigenvalue weighted by Crippen LogP contribution is 2.35. The van der Waals surface area contributed by atoms with Gasteiger partial charge in [-0.25, -0.2) is 0 Å². The van der Waals surface area contributed by atoms with Crippen molar-refractivity contribution in [3.63, 3.8) is 0 Å². The molecule has 0 radical (unpaired) electrons. The molecular formula is C12H17NO2. The smallest absolute Gasteiger partial charge is 0.122 e. The van der Waals surface area contributed by atoms with Crippen LogP contribution in [0.4, 0.5) is 0 Å². The van der Waals surface area contributed by atoms with Gasteiger partial charge >= 0.3 is 0 Å². The summed E-state index contributed by atoms with van der Waals surface area (Å²) in [4.78, 5) is 0. The van der Waals surface area contributed by atoms with Gasteiger partial charge in [0.2, 0.25) is 0 Å². The zero-order valence-corrected chi connectivity index (χ0v) is 8.78. The van der Waals surface area contributed by atoms with Crippen LogP contribution in [0, 0.1) is 0 Å². The zero-order chi connectivity index (χ0) is 10.7. The summed E-state index contributed by atoms with van der Waals surface area (Å²) in [6.45, 7) is 0.747. The third kappa shape index (κ3) is 2.13. The number of rotatable bonds is 4. The number of ether oxygens (including phenoxy) is 1. The Kier molecular flexibility index (Phi) is 3.23. The van der Waals surface area contributed by atoms with Crippen LogP contribution in [-0.2, 0) is 6.42 Å². The molecule has 1 atom stereocenters. The third-order valence-electron chi connectivity index (χ3n) is 2.83. The predicted molar refractivity (Wildman–Crippen MR) is 58.9 cm³/mol. The second-order valence-corrected chi connectivity index (χ2v) is 3.89. The summed E-state index contributed by atoms with van der Waals surface area (Å²) < 4.78 is 5.62. The van der Waals surface area contributed by atoms with E-state index in [2.05, 4.69) is 6.07 Å². The van der Waals surface area contributed by atoms with E-state index in [9.17, 15) is 0 Å². The van der Waals surface area contributed by atoms with Crippen molar-refractivity contribution in [2.24, 2.45) is 5.73 Å². The minimum absolute atomic E-state index is 0.168. The maximum atomic E-state index is 8.68. The molecule has 0 aromatic heterocycles. The summed E-state index contributed by atoms with van der Waals surface area (Å²) in [6, 6.07) is 6.21. The van der Waals surface area contributed by atoms with Gasteiger partial charge in [0.1, 0.15) is 5.75 Å². The molecule has 0 fully saturated rings. The Balaban J connectivity index is 2.12. The topological polar surface area (TPSA) is 55.5 Å². The molecule has 0 saturated carbocycles. The van der Waals surface area contributed by atoms with Gasteiger partial charge in [0, 0.05) is 19.1 Å². The maximum absolute atomic E-state index is 8.68. The van der Waals surface area contributed by atoms with Crippen molar-refractivity contribution in [1.82, 2.24) is 0 Å². The van der Waals surface area contributed by atoms with Crippen LogP contribution in [0.15, 0.2) is 18.2 Å². The summed E-state index contributed by atoms with van der Waals surface area (Å²) in [5.74, 6) is 0.939. The molecular weight excluding hydrogens is 190 g/mol. The predicted octanol–water partition coefficient (Wildman–Crippen LogP) is 1.39. The number of fused-ring (bicyclic) bond motifs is 1. The van der Waals surface area contributed by atoms with Crippen LogP contribution in [0.25, 0.3) is 0 Å². The van der Waals surface area contributed by atoms with Crippen LogP contribution < -0.4 is 10.5 Å². The van der Waals surface area contributed by atoms with Gasteiger partial charge in [0.25, 0.3) is 0 Å². The highest BCUT2D eigenvalue weighted by Gasteiger charge is 2.21. The number of aliphatic hydroxyl groups excluding tert-OH is 1. The van der Waals surface area contributed by atoms with E-state index in [4.69, 9.17) is 15.6 Å². The molecule has 82 valence electrons. The number of hydrogen-bond donors (Lipinski definition) is 2. The molecule has 15 heavy (non-hydrogen) atoms. The van der Waals surface area contributed by atoms with E-state index in [1.807, 2.05) is 12.1 Å². The van der Waals surface area contributed by atoms with Gasteiger partial charge in [0.15, 0.2) is 0 Å². The van der Waals surface area contributed by atoms with Gasteiger partial charge < -0.3 is 15.6 Å². The van der Waals surface area contributed by atoms with Crippen LogP contribution >= 0.6 is 0 Å². The summed E-state index contributed by atoms with van der Waals surface area (Å²) in [6.07, 6.45) is 2.69. The number of hydrogen-bond acceptors (Lipinski definition) is 3. The molecule has 0 spiro atoms. The fraction of sp³-hybridized carbons (Fsp3) is 0.500. The van der Waals surface area contributed by atoms with Crippen LogP contribution in [0.2, 0.25) is 0 Å². The van der Waals surface area contributed by atoms with Crippen LogP contribution in [-0.4, -0.2) is 18.3 Å². The molecule has 0 heterocycles. The quantitative estimate of drug-likeness (QED) is 0.734. The molecule has 0 bridgehead atoms. The Bertz CT molecular complexity index is 338. The first kappa shape index (κ1) is 10.5. The lowest BCUT2D eigenvalue weighted by Crippen LogP contribution is -2.05. The fourth-order valence-electron chi connectivity index (χ4n) is 2.03. The van der Waals surface area contributed by atoms with Gasteiger partial charge in [-0.2, -0.15) is 0 Å². The minimum Gasteiger partial charge on any atom is -0.493 e. The SMILES string of the molecule is NC1CCc2c(OCCCO)cccc21. The zero-order valence-electron chi connectivity index (χ0n) is 8.78. The monoisotopic (exact) mass is 207 g/mol. The second kappa shape index (κ2) is 4.64. The van der Waals surface area contributed by atoms with Gasteiger partial charge in [-0.3, -0.25) is 0 Å². The molecule has 0 amide bonds. The summed E-state index contributed by atoms with van der Waals surface area (Å²) in [5.41, 5.74) is 8.45. The lowest BCUT2D eigenvalue weighted by atomic mass is 10.1. The number of aliphatic hydroxyl groups is 1. The molecule has 1 aliphatic carbocycles. The molecule has 1 aliphatic rings. The van der Waals surface area contributed by atoms with E-state index in [1.165, 1.54) is 11.1 Å². The van der Waals surface area contributed by atoms with Gasteiger partial charge in [-0.15, -0.1) is 0 Å². The average molecular weight is 207 g/mol. The van der Waals surface area contributed by atoms with Crippen molar-refractivity contribution in [1.29, 1.82) is 0 Å². The Morgan fingerprint density at radius 1 is 1.47 bits per heavy atom. The Morgan fingerprint density at radius 2 is 2.33 bits per heavy atom. The van der Waals surface area contributed by atoms with Crippen molar-refractivity contribution in [3.8, 4) is 5.75 Å². The first-order chi connectivity index (χ1) is 7.33. The molecule has 2 rings (SSSR count). The highest BCUT2D eigenvalue weighted by atomic mass is 16.5. The van der Waals surface area contributed by atoms with Crippen LogP contribution in [0.5, 0.6) is 5.75 Å². The second-order valence-electron chi connectivity index (χ2n) is 3.89. The summed E-state index contributed by atoms with van der Waals surface area (Å²) >= 11 is 0. The van der Waals surface area contributed by atoms with E-state index in [0.29, 0.717) is 13.0 Å². The van der Waals surface area contributed by atoms with Gasteiger partial charge in [-0.05, 0) is 30.0 Å². The third-order valence-corrected chi connectivity index (χ3v) is 2.83. The summed E-state index contributed by atoms with van der Waals surface area (Å²) in [5, 5.41) is 8.68.